The van der Waals surface area contributed by atoms with E-state index in [4.69, 9.17) is 63.2 Å². The molecule has 278 valence electrons. The summed E-state index contributed by atoms with van der Waals surface area (Å²) in [6, 6.07) is 0. The molecule has 0 aliphatic heterocycles. The molecule has 0 heterocycles. The molecule has 0 radical (unpaired) electrons. The normalized spacial score (nSPS) is 11.4. The van der Waals surface area contributed by atoms with E-state index in [1.54, 1.807) is 0 Å². The van der Waals surface area contributed by atoms with E-state index in [2.05, 4.69) is 25.4 Å². The first-order valence-corrected chi connectivity index (χ1v) is 15.8. The average molecular weight is 696 g/mol. The zero-order valence-electron chi connectivity index (χ0n) is 28.0. The molecule has 1 N–H and O–H groups in total. The van der Waals surface area contributed by atoms with Gasteiger partial charge in [0, 0.05) is 35.9 Å². The van der Waals surface area contributed by atoms with Crippen LogP contribution >= 0.6 is 0 Å². The summed E-state index contributed by atoms with van der Waals surface area (Å²) >= 11 is 0. The van der Waals surface area contributed by atoms with Gasteiger partial charge >= 0.3 is 6.09 Å². The fourth-order valence-corrected chi connectivity index (χ4v) is 3.12. The number of Topliss-reactive ketones (excluding diaryl/α,β-unsaturated/α-hetero) is 1. The molecule has 0 aliphatic rings. The third-order valence-electron chi connectivity index (χ3n) is 5.40. The molecule has 20 nitrogen and oxygen atoms in total. The SMILES string of the molecule is CC(=O)CCOCCOCCOCCOCCNC(=O)OC(COCCOCCOCCN=[N+]=[N-])COCCOCCOCCN=[N+]=[N-]. The van der Waals surface area contributed by atoms with Gasteiger partial charge in [-0.1, -0.05) is 10.2 Å². The summed E-state index contributed by atoms with van der Waals surface area (Å²) in [7, 11) is 0. The zero-order valence-corrected chi connectivity index (χ0v) is 28.0. The van der Waals surface area contributed by atoms with E-state index in [-0.39, 0.29) is 58.5 Å². The van der Waals surface area contributed by atoms with Crippen LogP contribution in [-0.4, -0.2) is 170 Å². The summed E-state index contributed by atoms with van der Waals surface area (Å²) < 4.78 is 59.5. The van der Waals surface area contributed by atoms with Crippen molar-refractivity contribution in [2.24, 2.45) is 10.2 Å². The molecule has 0 aliphatic carbocycles. The highest BCUT2D eigenvalue weighted by molar-refractivity contribution is 5.75. The number of amides is 1. The topological polar surface area (TPSA) is 245 Å². The second kappa shape index (κ2) is 38.6. The van der Waals surface area contributed by atoms with E-state index in [1.807, 2.05) is 0 Å². The summed E-state index contributed by atoms with van der Waals surface area (Å²) in [6.45, 7) is 8.77. The molecule has 48 heavy (non-hydrogen) atoms. The Bertz CT molecular complexity index is 813. The molecule has 0 saturated heterocycles. The molecule has 0 unspecified atom stereocenters. The lowest BCUT2D eigenvalue weighted by Crippen LogP contribution is -2.36. The lowest BCUT2D eigenvalue weighted by atomic mass is 10.3. The Labute approximate surface area is 281 Å². The van der Waals surface area contributed by atoms with Crippen molar-refractivity contribution in [3.05, 3.63) is 20.9 Å². The van der Waals surface area contributed by atoms with Crippen molar-refractivity contribution >= 4 is 11.9 Å². The monoisotopic (exact) mass is 695 g/mol. The van der Waals surface area contributed by atoms with Crippen molar-refractivity contribution in [3.63, 3.8) is 0 Å². The smallest absolute Gasteiger partial charge is 0.407 e. The first kappa shape index (κ1) is 45.2. The number of hydrogen-bond acceptors (Lipinski definition) is 15. The third kappa shape index (κ3) is 37.6. The summed E-state index contributed by atoms with van der Waals surface area (Å²) in [4.78, 5) is 28.4. The van der Waals surface area contributed by atoms with Crippen molar-refractivity contribution in [2.75, 3.05) is 152 Å². The second-order valence-electron chi connectivity index (χ2n) is 9.36. The molecular formula is C28H53N7O13. The number of ether oxygens (including phenoxy) is 11. The number of ketones is 1. The van der Waals surface area contributed by atoms with Crippen molar-refractivity contribution in [2.45, 2.75) is 19.4 Å². The summed E-state index contributed by atoms with van der Waals surface area (Å²) in [5.41, 5.74) is 16.4. The molecule has 0 fully saturated rings. The van der Waals surface area contributed by atoms with Gasteiger partial charge in [-0.25, -0.2) is 4.79 Å². The number of hydrogen-bond donors (Lipinski definition) is 1. The van der Waals surface area contributed by atoms with Gasteiger partial charge in [-0.3, -0.25) is 4.79 Å². The molecule has 0 aromatic carbocycles. The molecule has 20 heteroatoms. The molecule has 0 aromatic rings. The van der Waals surface area contributed by atoms with E-state index in [0.29, 0.717) is 106 Å². The van der Waals surface area contributed by atoms with Gasteiger partial charge in [0.15, 0.2) is 6.10 Å². The highest BCUT2D eigenvalue weighted by Crippen LogP contribution is 1.98. The molecule has 0 atom stereocenters. The fraction of sp³-hybridized carbons (Fsp3) is 0.929. The van der Waals surface area contributed by atoms with Gasteiger partial charge in [0.25, 0.3) is 0 Å². The van der Waals surface area contributed by atoms with Crippen molar-refractivity contribution in [1.29, 1.82) is 0 Å². The van der Waals surface area contributed by atoms with Gasteiger partial charge in [-0.15, -0.1) is 0 Å². The summed E-state index contributed by atoms with van der Waals surface area (Å²) in [6.07, 6.45) is -0.915. The average Bonchev–Trinajstić information content (AvgIpc) is 3.07. The number of nitrogens with zero attached hydrogens (tertiary/aromatic N) is 6. The van der Waals surface area contributed by atoms with Crippen LogP contribution in [0.1, 0.15) is 13.3 Å². The number of alkyl carbamates (subject to hydrolysis) is 1. The Morgan fingerprint density at radius 2 is 0.896 bits per heavy atom. The third-order valence-corrected chi connectivity index (χ3v) is 5.40. The minimum atomic E-state index is -0.679. The van der Waals surface area contributed by atoms with Gasteiger partial charge < -0.3 is 57.4 Å². The van der Waals surface area contributed by atoms with E-state index in [1.165, 1.54) is 6.92 Å². The predicted molar refractivity (Wildman–Crippen MR) is 170 cm³/mol. The van der Waals surface area contributed by atoms with Gasteiger partial charge in [-0.2, -0.15) is 0 Å². The minimum absolute atomic E-state index is 0.0871. The first-order valence-electron chi connectivity index (χ1n) is 15.8. The lowest BCUT2D eigenvalue weighted by molar-refractivity contribution is -0.118. The van der Waals surface area contributed by atoms with Gasteiger partial charge in [0.1, 0.15) is 5.78 Å². The number of azide groups is 2. The largest absolute Gasteiger partial charge is 0.441 e. The molecule has 0 bridgehead atoms. The van der Waals surface area contributed by atoms with Crippen molar-refractivity contribution < 1.29 is 61.7 Å². The van der Waals surface area contributed by atoms with E-state index in [9.17, 15) is 9.59 Å². The van der Waals surface area contributed by atoms with Crippen LogP contribution in [0, 0.1) is 0 Å². The Hall–Kier alpha value is -2.84. The quantitative estimate of drug-likeness (QED) is 0.0420. The molecular weight excluding hydrogens is 642 g/mol. The van der Waals surface area contributed by atoms with Gasteiger partial charge in [0.2, 0.25) is 0 Å². The minimum Gasteiger partial charge on any atom is -0.441 e. The highest BCUT2D eigenvalue weighted by Gasteiger charge is 2.15. The summed E-state index contributed by atoms with van der Waals surface area (Å²) in [5, 5.41) is 9.37. The molecule has 0 aromatic heterocycles. The second-order valence-corrected chi connectivity index (χ2v) is 9.36. The van der Waals surface area contributed by atoms with Crippen molar-refractivity contribution in [1.82, 2.24) is 5.32 Å². The lowest BCUT2D eigenvalue weighted by Gasteiger charge is -2.19. The van der Waals surface area contributed by atoms with Crippen LogP contribution in [0.5, 0.6) is 0 Å². The number of carbonyl (C=O) groups excluding carboxylic acids is 2. The standard InChI is InChI=1S/C28H53N7O13/c1-26(36)2-6-38-10-14-42-18-19-43-15-11-39-7-3-31-28(37)48-27(24-46-22-20-44-16-12-40-8-4-32-34-29)25-47-23-21-45-17-13-41-9-5-33-35-30/h27H,2-25H2,1H3,(H,31,37). The van der Waals surface area contributed by atoms with Gasteiger partial charge in [-0.05, 0) is 18.0 Å². The predicted octanol–water partition coefficient (Wildman–Crippen LogP) is 1.85. The maximum Gasteiger partial charge on any atom is 0.407 e. The fourth-order valence-electron chi connectivity index (χ4n) is 3.12. The number of carbonyl (C=O) groups is 2. The highest BCUT2D eigenvalue weighted by atomic mass is 16.6. The van der Waals surface area contributed by atoms with Crippen LogP contribution < -0.4 is 5.32 Å². The van der Waals surface area contributed by atoms with Crippen LogP contribution in [0.15, 0.2) is 10.2 Å². The number of nitrogens with one attached hydrogen (secondary N) is 1. The zero-order chi connectivity index (χ0) is 35.0. The van der Waals surface area contributed by atoms with E-state index in [0.717, 1.165) is 0 Å². The Morgan fingerprint density at radius 1 is 0.542 bits per heavy atom. The van der Waals surface area contributed by atoms with E-state index >= 15 is 0 Å². The summed E-state index contributed by atoms with van der Waals surface area (Å²) in [5.74, 6) is 0.0947. The Morgan fingerprint density at radius 3 is 1.29 bits per heavy atom. The van der Waals surface area contributed by atoms with Crippen LogP contribution in [-0.2, 0) is 56.9 Å². The molecule has 0 saturated carbocycles. The molecule has 0 rings (SSSR count). The van der Waals surface area contributed by atoms with Crippen LogP contribution in [0.3, 0.4) is 0 Å². The first-order chi connectivity index (χ1) is 23.6. The molecule has 0 spiro atoms. The Balaban J connectivity index is 4.03. The van der Waals surface area contributed by atoms with E-state index < -0.39 is 12.2 Å². The van der Waals surface area contributed by atoms with Crippen LogP contribution in [0.4, 0.5) is 4.79 Å². The van der Waals surface area contributed by atoms with Crippen LogP contribution in [0.2, 0.25) is 0 Å². The van der Waals surface area contributed by atoms with Crippen LogP contribution in [0.25, 0.3) is 20.9 Å². The van der Waals surface area contributed by atoms with Crippen molar-refractivity contribution in [3.8, 4) is 0 Å². The Kier molecular flexibility index (Phi) is 36.3. The van der Waals surface area contributed by atoms with Gasteiger partial charge in [0.05, 0.1) is 132 Å². The maximum absolute atomic E-state index is 12.3. The molecule has 1 amide bonds. The number of rotatable bonds is 38. The maximum atomic E-state index is 12.3.